The molecule has 5 heterocycles. The molecule has 1 saturated carbocycles. The summed E-state index contributed by atoms with van der Waals surface area (Å²) in [4.78, 5) is 28.2. The number of ether oxygens (including phenoxy) is 1. The first-order valence-electron chi connectivity index (χ1n) is 14.1. The summed E-state index contributed by atoms with van der Waals surface area (Å²) in [6.07, 6.45) is 3.90. The Morgan fingerprint density at radius 2 is 1.88 bits per heavy atom. The second-order valence-electron chi connectivity index (χ2n) is 10.7. The number of anilines is 2. The van der Waals surface area contributed by atoms with E-state index in [0.29, 0.717) is 54.4 Å². The maximum atomic E-state index is 13.8. The average molecular weight is 546 g/mol. The normalized spacial score (nSPS) is 17.9. The Bertz CT molecular complexity index is 1570. The molecule has 12 heteroatoms. The summed E-state index contributed by atoms with van der Waals surface area (Å²) < 4.78 is 16.8. The van der Waals surface area contributed by atoms with Gasteiger partial charge in [0.15, 0.2) is 11.6 Å². The van der Waals surface area contributed by atoms with Crippen LogP contribution in [0.3, 0.4) is 0 Å². The Hall–Kier alpha value is -4.03. The van der Waals surface area contributed by atoms with Crippen LogP contribution in [0.25, 0.3) is 5.78 Å². The molecule has 1 saturated heterocycles. The summed E-state index contributed by atoms with van der Waals surface area (Å²) in [6.45, 7) is 8.63. The van der Waals surface area contributed by atoms with Crippen molar-refractivity contribution in [3.63, 3.8) is 0 Å². The van der Waals surface area contributed by atoms with Gasteiger partial charge < -0.3 is 14.1 Å². The number of fused-ring (bicyclic) bond motifs is 3. The van der Waals surface area contributed by atoms with Gasteiger partial charge in [-0.3, -0.25) is 19.5 Å². The molecule has 210 valence electrons. The van der Waals surface area contributed by atoms with Crippen molar-refractivity contribution in [3.8, 4) is 5.75 Å². The molecule has 3 aliphatic rings. The van der Waals surface area contributed by atoms with Crippen LogP contribution in [-0.4, -0.2) is 75.4 Å². The first-order chi connectivity index (χ1) is 19.6. The van der Waals surface area contributed by atoms with Gasteiger partial charge in [0.2, 0.25) is 5.78 Å². The summed E-state index contributed by atoms with van der Waals surface area (Å²) in [7, 11) is 0. The van der Waals surface area contributed by atoms with E-state index in [2.05, 4.69) is 26.9 Å². The van der Waals surface area contributed by atoms with Crippen LogP contribution in [0.15, 0.2) is 56.9 Å². The predicted molar refractivity (Wildman–Crippen MR) is 152 cm³/mol. The van der Waals surface area contributed by atoms with Crippen molar-refractivity contribution in [3.05, 3.63) is 64.6 Å². The lowest BCUT2D eigenvalue weighted by Gasteiger charge is -2.36. The summed E-state index contributed by atoms with van der Waals surface area (Å²) in [6, 6.07) is 12.0. The molecule has 0 amide bonds. The fraction of sp³-hybridized carbons (Fsp3) is 0.464. The van der Waals surface area contributed by atoms with Gasteiger partial charge in [0, 0.05) is 51.5 Å². The lowest BCUT2D eigenvalue weighted by Crippen LogP contribution is -2.47. The van der Waals surface area contributed by atoms with Crippen molar-refractivity contribution in [2.75, 3.05) is 55.9 Å². The van der Waals surface area contributed by atoms with Crippen molar-refractivity contribution in [2.24, 2.45) is 16.8 Å². The first-order valence-corrected chi connectivity index (χ1v) is 14.1. The summed E-state index contributed by atoms with van der Waals surface area (Å²) in [5, 5.41) is 1.53. The smallest absolute Gasteiger partial charge is 0.346 e. The molecule has 2 fully saturated rings. The molecule has 0 bridgehead atoms. The predicted octanol–water partition coefficient (Wildman–Crippen LogP) is 2.01. The molecular weight excluding hydrogens is 510 g/mol. The maximum absolute atomic E-state index is 13.8. The number of aromatic nitrogens is 4. The molecule has 3 aromatic heterocycles. The van der Waals surface area contributed by atoms with Gasteiger partial charge in [0.25, 0.3) is 0 Å². The topological polar surface area (TPSA) is 115 Å². The van der Waals surface area contributed by atoms with E-state index >= 15 is 0 Å². The lowest BCUT2D eigenvalue weighted by atomic mass is 10.2. The van der Waals surface area contributed by atoms with Crippen molar-refractivity contribution in [1.29, 1.82) is 0 Å². The Kier molecular flexibility index (Phi) is 6.35. The van der Waals surface area contributed by atoms with Gasteiger partial charge >= 0.3 is 5.69 Å². The number of rotatable bonds is 9. The zero-order valence-corrected chi connectivity index (χ0v) is 22.8. The number of furan rings is 1. The molecule has 0 atom stereocenters. The van der Waals surface area contributed by atoms with Gasteiger partial charge in [-0.25, -0.2) is 19.8 Å². The molecule has 4 aromatic rings. The summed E-state index contributed by atoms with van der Waals surface area (Å²) >= 11 is 0. The van der Waals surface area contributed by atoms with Gasteiger partial charge in [0.05, 0.1) is 12.9 Å². The molecule has 2 aliphatic heterocycles. The van der Waals surface area contributed by atoms with Crippen molar-refractivity contribution >= 4 is 23.0 Å². The molecule has 0 unspecified atom stereocenters. The molecule has 0 radical (unpaired) electrons. The van der Waals surface area contributed by atoms with Crippen molar-refractivity contribution in [2.45, 2.75) is 32.9 Å². The Balaban J connectivity index is 1.13. The van der Waals surface area contributed by atoms with Gasteiger partial charge in [-0.1, -0.05) is 0 Å². The van der Waals surface area contributed by atoms with Crippen LogP contribution in [0.4, 0.5) is 11.5 Å². The lowest BCUT2D eigenvalue weighted by molar-refractivity contribution is 0.247. The molecule has 1 aliphatic carbocycles. The van der Waals surface area contributed by atoms with E-state index in [9.17, 15) is 4.79 Å². The SMILES string of the molecule is CCOc1ccc(N2CCN(CCn3c(=O)n(CC4CC4)n4c5c(nc34)N(N)CN=C5c3ccco3)CC2)cc1. The molecule has 2 N–H and O–H groups in total. The van der Waals surface area contributed by atoms with Crippen LogP contribution in [0.5, 0.6) is 5.75 Å². The van der Waals surface area contributed by atoms with E-state index in [1.807, 2.05) is 40.4 Å². The number of piperazine rings is 1. The fourth-order valence-electron chi connectivity index (χ4n) is 5.70. The highest BCUT2D eigenvalue weighted by Gasteiger charge is 2.33. The first kappa shape index (κ1) is 25.0. The molecule has 7 rings (SSSR count). The minimum absolute atomic E-state index is 0.0434. The van der Waals surface area contributed by atoms with Gasteiger partial charge in [0.1, 0.15) is 23.8 Å². The zero-order chi connectivity index (χ0) is 27.2. The van der Waals surface area contributed by atoms with E-state index in [4.69, 9.17) is 20.0 Å². The number of hydrazine groups is 1. The average Bonchev–Trinajstić information content (AvgIpc) is 3.36. The second kappa shape index (κ2) is 10.2. The molecule has 1 aromatic carbocycles. The van der Waals surface area contributed by atoms with E-state index in [1.54, 1.807) is 10.8 Å². The zero-order valence-electron chi connectivity index (χ0n) is 22.8. The minimum Gasteiger partial charge on any atom is -0.494 e. The third-order valence-electron chi connectivity index (χ3n) is 8.04. The fourth-order valence-corrected chi connectivity index (χ4v) is 5.70. The van der Waals surface area contributed by atoms with Gasteiger partial charge in [-0.15, -0.1) is 0 Å². The third-order valence-corrected chi connectivity index (χ3v) is 8.04. The molecule has 12 nitrogen and oxygen atoms in total. The highest BCUT2D eigenvalue weighted by Crippen LogP contribution is 2.32. The van der Waals surface area contributed by atoms with Crippen molar-refractivity contribution < 1.29 is 9.15 Å². The van der Waals surface area contributed by atoms with Gasteiger partial charge in [-0.2, -0.15) is 4.98 Å². The number of nitrogens with zero attached hydrogens (tertiary/aromatic N) is 8. The van der Waals surface area contributed by atoms with Crippen LogP contribution >= 0.6 is 0 Å². The number of benzene rings is 1. The van der Waals surface area contributed by atoms with Crippen LogP contribution in [-0.2, 0) is 13.1 Å². The monoisotopic (exact) mass is 545 g/mol. The number of aliphatic imine (C=N–C) groups is 1. The summed E-state index contributed by atoms with van der Waals surface area (Å²) in [5.41, 5.74) is 2.54. The molecular formula is C28H35N9O3. The Morgan fingerprint density at radius 3 is 2.58 bits per heavy atom. The minimum atomic E-state index is -0.0434. The highest BCUT2D eigenvalue weighted by atomic mass is 16.5. The highest BCUT2D eigenvalue weighted by molar-refractivity contribution is 6.14. The standard InChI is InChI=1S/C28H35N9O3/c1-2-39-22-9-7-21(8-10-22)33-14-11-32(12-15-33)13-16-34-27-31-26-25(37(27)36(28(34)38)18-20-5-6-20)24(30-19-35(26)29)23-4-3-17-40-23/h3-4,7-10,17,20H,2,5-6,11-16,18-19,29H2,1H3. The van der Waals surface area contributed by atoms with Crippen LogP contribution in [0.2, 0.25) is 0 Å². The van der Waals surface area contributed by atoms with Crippen LogP contribution < -0.4 is 26.2 Å². The van der Waals surface area contributed by atoms with E-state index in [0.717, 1.165) is 51.3 Å². The van der Waals surface area contributed by atoms with E-state index in [1.165, 1.54) is 10.7 Å². The number of imidazole rings is 1. The van der Waals surface area contributed by atoms with Crippen LogP contribution in [0, 0.1) is 5.92 Å². The van der Waals surface area contributed by atoms with Gasteiger partial charge in [-0.05, 0) is 62.1 Å². The molecule has 0 spiro atoms. The summed E-state index contributed by atoms with van der Waals surface area (Å²) in [5.74, 6) is 9.57. The number of hydrogen-bond donors (Lipinski definition) is 1. The maximum Gasteiger partial charge on any atom is 0.346 e. The number of nitrogens with two attached hydrogens (primary N) is 1. The molecule has 40 heavy (non-hydrogen) atoms. The van der Waals surface area contributed by atoms with E-state index < -0.39 is 0 Å². The Labute approximate surface area is 231 Å². The largest absolute Gasteiger partial charge is 0.494 e. The van der Waals surface area contributed by atoms with Crippen LogP contribution in [0.1, 0.15) is 31.2 Å². The third kappa shape index (κ3) is 4.46. The quantitative estimate of drug-likeness (QED) is 0.318. The second-order valence-corrected chi connectivity index (χ2v) is 10.7. The number of hydrogen-bond acceptors (Lipinski definition) is 9. The van der Waals surface area contributed by atoms with E-state index in [-0.39, 0.29) is 12.4 Å². The Morgan fingerprint density at radius 1 is 1.07 bits per heavy atom. The van der Waals surface area contributed by atoms with Crippen molar-refractivity contribution in [1.82, 2.24) is 23.6 Å².